The summed E-state index contributed by atoms with van der Waals surface area (Å²) in [7, 11) is 1.72. The molecule has 3 aromatic rings. The smallest absolute Gasteiger partial charge is 0.410 e. The van der Waals surface area contributed by atoms with Crippen LogP contribution in [0.1, 0.15) is 49.9 Å². The summed E-state index contributed by atoms with van der Waals surface area (Å²) in [5, 5.41) is 0.946. The molecule has 1 aliphatic heterocycles. The number of methoxy groups -OCH3 is 1. The van der Waals surface area contributed by atoms with Crippen molar-refractivity contribution in [3.8, 4) is 5.75 Å². The monoisotopic (exact) mass is 506 g/mol. The number of carbonyl (C=O) groups excluding carboxylic acids is 1. The zero-order valence-corrected chi connectivity index (χ0v) is 22.4. The van der Waals surface area contributed by atoms with E-state index >= 15 is 0 Å². The minimum atomic E-state index is -0.319. The maximum Gasteiger partial charge on any atom is 0.410 e. The molecule has 2 heterocycles. The Balaban J connectivity index is 1.34. The minimum absolute atomic E-state index is 0.0970. The van der Waals surface area contributed by atoms with Gasteiger partial charge >= 0.3 is 6.09 Å². The molecule has 0 spiro atoms. The van der Waals surface area contributed by atoms with Gasteiger partial charge < -0.3 is 23.8 Å². The summed E-state index contributed by atoms with van der Waals surface area (Å²) in [5.41, 5.74) is 3.30. The highest BCUT2D eigenvalue weighted by atomic mass is 16.6. The predicted molar refractivity (Wildman–Crippen MR) is 144 cm³/mol. The molecule has 1 amide bonds. The van der Waals surface area contributed by atoms with Crippen LogP contribution in [0.15, 0.2) is 54.6 Å². The van der Waals surface area contributed by atoms with Gasteiger partial charge in [0.25, 0.3) is 0 Å². The molecule has 2 aromatic carbocycles. The number of likely N-dealkylation sites (tertiary alicyclic amines) is 1. The second kappa shape index (κ2) is 12.4. The molecule has 7 heteroatoms. The van der Waals surface area contributed by atoms with Crippen molar-refractivity contribution in [2.24, 2.45) is 0 Å². The van der Waals surface area contributed by atoms with Crippen molar-refractivity contribution in [2.75, 3.05) is 26.8 Å². The molecule has 0 unspecified atom stereocenters. The van der Waals surface area contributed by atoms with Crippen LogP contribution in [-0.4, -0.2) is 54.5 Å². The van der Waals surface area contributed by atoms with Gasteiger partial charge in [-0.2, -0.15) is 0 Å². The van der Waals surface area contributed by atoms with E-state index in [1.54, 1.807) is 12.0 Å². The van der Waals surface area contributed by atoms with E-state index in [4.69, 9.17) is 23.9 Å². The molecule has 0 aliphatic carbocycles. The first kappa shape index (κ1) is 26.9. The van der Waals surface area contributed by atoms with E-state index in [1.807, 2.05) is 61.5 Å². The van der Waals surface area contributed by atoms with E-state index < -0.39 is 0 Å². The molecule has 1 saturated heterocycles. The van der Waals surface area contributed by atoms with Gasteiger partial charge in [0.05, 0.1) is 22.9 Å². The molecule has 0 bridgehead atoms. The van der Waals surface area contributed by atoms with E-state index in [0.717, 1.165) is 47.0 Å². The van der Waals surface area contributed by atoms with Crippen LogP contribution >= 0.6 is 0 Å². The van der Waals surface area contributed by atoms with Gasteiger partial charge in [-0.3, -0.25) is 0 Å². The number of pyridine rings is 1. The molecular formula is C30H38N2O5. The molecule has 0 saturated carbocycles. The largest absolute Gasteiger partial charge is 0.488 e. The lowest BCUT2D eigenvalue weighted by atomic mass is 10.1. The molecule has 7 nitrogen and oxygen atoms in total. The quantitative estimate of drug-likeness (QED) is 0.333. The lowest BCUT2D eigenvalue weighted by Gasteiger charge is -2.32. The first-order chi connectivity index (χ1) is 17.9. The third-order valence-electron chi connectivity index (χ3n) is 7.05. The van der Waals surface area contributed by atoms with Crippen LogP contribution in [-0.2, 0) is 27.4 Å². The van der Waals surface area contributed by atoms with Gasteiger partial charge in [0, 0.05) is 37.8 Å². The summed E-state index contributed by atoms with van der Waals surface area (Å²) in [6, 6.07) is 17.9. The molecule has 1 aliphatic rings. The Bertz CT molecular complexity index is 1170. The van der Waals surface area contributed by atoms with Crippen LogP contribution < -0.4 is 4.74 Å². The summed E-state index contributed by atoms with van der Waals surface area (Å²) in [5.74, 6) is 0.773. The van der Waals surface area contributed by atoms with Crippen molar-refractivity contribution in [1.29, 1.82) is 0 Å². The Kier molecular flexibility index (Phi) is 9.00. The summed E-state index contributed by atoms with van der Waals surface area (Å²) < 4.78 is 23.4. The SMILES string of the molecule is COC(C)(C)CCOC1CCN(C(=O)OCc2nc3ccccc3c(OCc3ccccc3)c2C)CC1. The highest BCUT2D eigenvalue weighted by Gasteiger charge is 2.26. The van der Waals surface area contributed by atoms with Gasteiger partial charge in [-0.25, -0.2) is 9.78 Å². The van der Waals surface area contributed by atoms with Gasteiger partial charge in [0.2, 0.25) is 0 Å². The fourth-order valence-electron chi connectivity index (χ4n) is 4.38. The summed E-state index contributed by atoms with van der Waals surface area (Å²) in [6.45, 7) is 8.52. The Morgan fingerprint density at radius 1 is 1.03 bits per heavy atom. The fourth-order valence-corrected chi connectivity index (χ4v) is 4.38. The number of hydrogen-bond acceptors (Lipinski definition) is 6. The molecule has 0 radical (unpaired) electrons. The maximum atomic E-state index is 12.8. The van der Waals surface area contributed by atoms with Gasteiger partial charge in [0.1, 0.15) is 19.0 Å². The molecule has 0 N–H and O–H groups in total. The molecule has 37 heavy (non-hydrogen) atoms. The normalized spacial score (nSPS) is 14.6. The number of nitrogens with zero attached hydrogens (tertiary/aromatic N) is 2. The Morgan fingerprint density at radius 2 is 1.73 bits per heavy atom. The molecule has 1 fully saturated rings. The first-order valence-electron chi connectivity index (χ1n) is 13.0. The number of ether oxygens (including phenoxy) is 4. The van der Waals surface area contributed by atoms with Crippen LogP contribution in [0.3, 0.4) is 0 Å². The maximum absolute atomic E-state index is 12.8. The van der Waals surface area contributed by atoms with Crippen LogP contribution in [0, 0.1) is 6.92 Å². The van der Waals surface area contributed by atoms with E-state index in [9.17, 15) is 4.79 Å². The topological polar surface area (TPSA) is 70.1 Å². The number of aromatic nitrogens is 1. The lowest BCUT2D eigenvalue weighted by Crippen LogP contribution is -2.41. The van der Waals surface area contributed by atoms with Gasteiger partial charge in [-0.05, 0) is 57.7 Å². The Morgan fingerprint density at radius 3 is 2.46 bits per heavy atom. The number of fused-ring (bicyclic) bond motifs is 1. The van der Waals surface area contributed by atoms with Crippen molar-refractivity contribution in [2.45, 2.75) is 65.0 Å². The minimum Gasteiger partial charge on any atom is -0.488 e. The summed E-state index contributed by atoms with van der Waals surface area (Å²) in [6.07, 6.45) is 2.27. The van der Waals surface area contributed by atoms with E-state index in [2.05, 4.69) is 13.8 Å². The third-order valence-corrected chi connectivity index (χ3v) is 7.05. The highest BCUT2D eigenvalue weighted by molar-refractivity contribution is 5.86. The Labute approximate surface area is 219 Å². The van der Waals surface area contributed by atoms with Gasteiger partial charge in [-0.15, -0.1) is 0 Å². The van der Waals surface area contributed by atoms with Crippen molar-refractivity contribution in [1.82, 2.24) is 9.88 Å². The number of rotatable bonds is 10. The number of benzene rings is 2. The van der Waals surface area contributed by atoms with E-state index in [-0.39, 0.29) is 24.4 Å². The van der Waals surface area contributed by atoms with Crippen molar-refractivity contribution < 1.29 is 23.7 Å². The first-order valence-corrected chi connectivity index (χ1v) is 13.0. The zero-order valence-electron chi connectivity index (χ0n) is 22.4. The summed E-state index contributed by atoms with van der Waals surface area (Å²) in [4.78, 5) is 19.3. The second-order valence-electron chi connectivity index (χ2n) is 10.1. The Hall–Kier alpha value is -3.16. The van der Waals surface area contributed by atoms with E-state index in [0.29, 0.717) is 32.0 Å². The summed E-state index contributed by atoms with van der Waals surface area (Å²) >= 11 is 0. The fraction of sp³-hybridized carbons (Fsp3) is 0.467. The molecular weight excluding hydrogens is 468 g/mol. The average Bonchev–Trinajstić information content (AvgIpc) is 2.92. The molecule has 198 valence electrons. The highest BCUT2D eigenvalue weighted by Crippen LogP contribution is 2.31. The zero-order chi connectivity index (χ0) is 26.3. The number of piperidine rings is 1. The number of para-hydroxylation sites is 1. The van der Waals surface area contributed by atoms with Crippen LogP contribution in [0.4, 0.5) is 4.79 Å². The molecule has 0 atom stereocenters. The van der Waals surface area contributed by atoms with Crippen LogP contribution in [0.2, 0.25) is 0 Å². The third kappa shape index (κ3) is 7.21. The van der Waals surface area contributed by atoms with Crippen LogP contribution in [0.25, 0.3) is 10.9 Å². The van der Waals surface area contributed by atoms with E-state index in [1.165, 1.54) is 0 Å². The molecule has 4 rings (SSSR count). The van der Waals surface area contributed by atoms with Crippen LogP contribution in [0.5, 0.6) is 5.75 Å². The predicted octanol–water partition coefficient (Wildman–Crippen LogP) is 6.05. The lowest BCUT2D eigenvalue weighted by molar-refractivity contribution is -0.0399. The van der Waals surface area contributed by atoms with Crippen molar-refractivity contribution >= 4 is 17.0 Å². The number of carbonyl (C=O) groups is 1. The van der Waals surface area contributed by atoms with Crippen molar-refractivity contribution in [3.05, 3.63) is 71.4 Å². The molecule has 1 aromatic heterocycles. The number of amides is 1. The van der Waals surface area contributed by atoms with Gasteiger partial charge in [0.15, 0.2) is 0 Å². The van der Waals surface area contributed by atoms with Gasteiger partial charge in [-0.1, -0.05) is 42.5 Å². The second-order valence-corrected chi connectivity index (χ2v) is 10.1. The standard InChI is InChI=1S/C30H38N2O5/c1-22-27(21-37-29(33)32-17-14-24(15-18-32)35-19-16-30(2,3)34-4)31-26-13-9-8-12-25(26)28(22)36-20-23-10-6-5-7-11-23/h5-13,24H,14-21H2,1-4H3. The number of hydrogen-bond donors (Lipinski definition) is 0. The van der Waals surface area contributed by atoms with Crippen molar-refractivity contribution in [3.63, 3.8) is 0 Å². The average molecular weight is 507 g/mol.